The van der Waals surface area contributed by atoms with Crippen molar-refractivity contribution in [3.63, 3.8) is 0 Å². The molecule has 0 amide bonds. The zero-order valence-electron chi connectivity index (χ0n) is 30.0. The number of carbonyl (C=O) groups is 3. The number of benzene rings is 5. The molecule has 6 N–H and O–H groups in total. The van der Waals surface area contributed by atoms with E-state index in [9.17, 15) is 45.0 Å². The van der Waals surface area contributed by atoms with Crippen LogP contribution in [0, 0.1) is 5.92 Å². The SMILES string of the molecule is CC(C)=O.CN1CC[C@]23c4c5ccc(O)c4O[C@H]2[C@@H](O)C=C[C@H]3[C@H]1C5.O=C(O)c1cc2ccccc2c(Cc2c(O)c(C(=O)O)cc3ccccc23)c1O. The predicted octanol–water partition coefficient (Wildman–Crippen LogP) is 6.18. The van der Waals surface area contributed by atoms with Crippen LogP contribution in [0.2, 0.25) is 0 Å². The molecule has 5 atom stereocenters. The number of nitrogens with zero attached hydrogens (tertiary/aromatic N) is 1. The number of ketones is 1. The lowest BCUT2D eigenvalue weighted by Crippen LogP contribution is -2.64. The van der Waals surface area contributed by atoms with Gasteiger partial charge in [0.15, 0.2) is 11.5 Å². The second-order valence-electron chi connectivity index (χ2n) is 14.6. The first kappa shape index (κ1) is 36.4. The van der Waals surface area contributed by atoms with Crippen LogP contribution in [0.1, 0.15) is 63.2 Å². The van der Waals surface area contributed by atoms with Gasteiger partial charge in [-0.15, -0.1) is 0 Å². The molecule has 2 bridgehead atoms. The van der Waals surface area contributed by atoms with Gasteiger partial charge in [0.05, 0.1) is 0 Å². The van der Waals surface area contributed by atoms with Gasteiger partial charge in [-0.2, -0.15) is 0 Å². The fourth-order valence-electron chi connectivity index (χ4n) is 8.92. The number of rotatable bonds is 4. The van der Waals surface area contributed by atoms with E-state index in [0.29, 0.717) is 50.4 Å². The monoisotopic (exact) mass is 731 g/mol. The minimum Gasteiger partial charge on any atom is -0.507 e. The third-order valence-corrected chi connectivity index (χ3v) is 11.2. The van der Waals surface area contributed by atoms with Crippen LogP contribution in [0.15, 0.2) is 84.9 Å². The fraction of sp³-hybridized carbons (Fsp3) is 0.279. The molecule has 2 heterocycles. The molecule has 0 radical (unpaired) electrons. The molecule has 1 fully saturated rings. The van der Waals surface area contributed by atoms with Crippen molar-refractivity contribution in [1.82, 2.24) is 4.90 Å². The number of likely N-dealkylation sites (N-methyl/N-ethyl adjacent to an activating group) is 1. The van der Waals surface area contributed by atoms with Gasteiger partial charge in [-0.25, -0.2) is 9.59 Å². The fourth-order valence-corrected chi connectivity index (χ4v) is 8.92. The summed E-state index contributed by atoms with van der Waals surface area (Å²) in [5.74, 6) is -2.00. The van der Waals surface area contributed by atoms with Gasteiger partial charge in [0.1, 0.15) is 40.6 Å². The number of phenolic OH excluding ortho intramolecular Hbond substituents is 1. The van der Waals surface area contributed by atoms with Crippen molar-refractivity contribution in [1.29, 1.82) is 0 Å². The van der Waals surface area contributed by atoms with Gasteiger partial charge in [0.25, 0.3) is 0 Å². The minimum absolute atomic E-state index is 0.0407. The van der Waals surface area contributed by atoms with Gasteiger partial charge in [-0.3, -0.25) is 0 Å². The van der Waals surface area contributed by atoms with Crippen molar-refractivity contribution < 1.29 is 49.8 Å². The number of likely N-dealkylation sites (tertiary alicyclic amines) is 1. The van der Waals surface area contributed by atoms with Crippen molar-refractivity contribution in [3.8, 4) is 23.0 Å². The molecule has 4 aliphatic rings. The molecule has 1 saturated heterocycles. The molecule has 278 valence electrons. The van der Waals surface area contributed by atoms with Gasteiger partial charge in [-0.05, 0) is 85.6 Å². The highest BCUT2D eigenvalue weighted by Crippen LogP contribution is 2.62. The minimum atomic E-state index is -1.28. The van der Waals surface area contributed by atoms with Gasteiger partial charge in [0, 0.05) is 40.5 Å². The van der Waals surface area contributed by atoms with Gasteiger partial charge in [-0.1, -0.05) is 66.7 Å². The van der Waals surface area contributed by atoms with E-state index in [1.165, 1.54) is 37.1 Å². The van der Waals surface area contributed by atoms with E-state index >= 15 is 0 Å². The second-order valence-corrected chi connectivity index (χ2v) is 14.6. The molecule has 0 aromatic heterocycles. The number of aliphatic hydroxyl groups is 1. The van der Waals surface area contributed by atoms with Crippen LogP contribution in [-0.2, 0) is 23.1 Å². The molecule has 54 heavy (non-hydrogen) atoms. The standard InChI is InChI=1S/C23H16O6.C17H19NO3.C3H6O/c24-20-16(14-7-3-1-5-12(14)9-18(20)22(26)27)11-17-15-8-4-2-6-13(15)10-19(21(17)25)23(28)29;1-18-7-6-17-10-3-5-13(20)16(17)21-15-12(19)4-2-9(14(15)17)8-11(10)18;1-3(2)4/h1-10,24-25H,11H2,(H,26,27)(H,28,29);2-5,10-11,13,16,19-20H,6-8H2,1H3;1-2H3/t;10-,11+,13-,16-,17-;/m.0./s1. The Bertz CT molecular complexity index is 2280. The Labute approximate surface area is 311 Å². The molecular weight excluding hydrogens is 690 g/mol. The van der Waals surface area contributed by atoms with Crippen LogP contribution < -0.4 is 4.74 Å². The number of hydrogen-bond donors (Lipinski definition) is 6. The summed E-state index contributed by atoms with van der Waals surface area (Å²) in [6, 6.07) is 21.0. The van der Waals surface area contributed by atoms with Crippen LogP contribution in [0.4, 0.5) is 0 Å². The van der Waals surface area contributed by atoms with Crippen LogP contribution in [-0.4, -0.2) is 85.1 Å². The Morgan fingerprint density at radius 3 is 1.89 bits per heavy atom. The Morgan fingerprint density at radius 1 is 0.815 bits per heavy atom. The van der Waals surface area contributed by atoms with E-state index in [1.54, 1.807) is 54.6 Å². The number of aromatic carboxylic acids is 2. The number of piperidine rings is 1. The molecule has 11 heteroatoms. The Hall–Kier alpha value is -5.91. The highest BCUT2D eigenvalue weighted by molar-refractivity contribution is 6.02. The first-order chi connectivity index (χ1) is 25.7. The molecular formula is C43H41NO10. The van der Waals surface area contributed by atoms with E-state index in [1.807, 2.05) is 12.1 Å². The number of aromatic hydroxyl groups is 3. The average Bonchev–Trinajstić information content (AvgIpc) is 3.50. The molecule has 11 nitrogen and oxygen atoms in total. The van der Waals surface area contributed by atoms with E-state index in [0.717, 1.165) is 19.4 Å². The lowest BCUT2D eigenvalue weighted by Gasteiger charge is -2.56. The van der Waals surface area contributed by atoms with Crippen LogP contribution in [0.5, 0.6) is 23.0 Å². The topological polar surface area (TPSA) is 185 Å². The van der Waals surface area contributed by atoms with E-state index in [-0.39, 0.29) is 40.6 Å². The molecule has 9 rings (SSSR count). The maximum atomic E-state index is 11.6. The van der Waals surface area contributed by atoms with Crippen molar-refractivity contribution >= 4 is 39.3 Å². The van der Waals surface area contributed by atoms with Gasteiger partial charge < -0.3 is 45.1 Å². The van der Waals surface area contributed by atoms with Crippen molar-refractivity contribution in [2.75, 3.05) is 13.6 Å². The number of phenols is 3. The third kappa shape index (κ3) is 5.89. The summed E-state index contributed by atoms with van der Waals surface area (Å²) in [7, 11) is 2.19. The number of aliphatic hydroxyl groups excluding tert-OH is 1. The molecule has 1 spiro atoms. The predicted molar refractivity (Wildman–Crippen MR) is 202 cm³/mol. The lowest BCUT2D eigenvalue weighted by molar-refractivity contribution is -0.115. The summed E-state index contributed by atoms with van der Waals surface area (Å²) >= 11 is 0. The number of Topliss-reactive ketones (excluding diaryl/α,β-unsaturated/α-hetero) is 1. The molecule has 5 aromatic rings. The molecule has 2 aliphatic heterocycles. The third-order valence-electron chi connectivity index (χ3n) is 11.2. The van der Waals surface area contributed by atoms with Crippen molar-refractivity contribution in [3.05, 3.63) is 118 Å². The first-order valence-corrected chi connectivity index (χ1v) is 17.7. The number of hydrogen-bond acceptors (Lipinski definition) is 9. The number of carbonyl (C=O) groups excluding carboxylic acids is 1. The van der Waals surface area contributed by atoms with Crippen LogP contribution in [0.25, 0.3) is 21.5 Å². The van der Waals surface area contributed by atoms with E-state index in [2.05, 4.69) is 18.0 Å². The van der Waals surface area contributed by atoms with Crippen molar-refractivity contribution in [2.24, 2.45) is 5.92 Å². The summed E-state index contributed by atoms with van der Waals surface area (Å²) in [5, 5.41) is 63.4. The maximum absolute atomic E-state index is 11.6. The number of carboxylic acids is 2. The van der Waals surface area contributed by atoms with E-state index in [4.69, 9.17) is 4.74 Å². The molecule has 0 unspecified atom stereocenters. The highest BCUT2D eigenvalue weighted by atomic mass is 16.5. The quantitative estimate of drug-likeness (QED) is 0.116. The second kappa shape index (κ2) is 13.8. The largest absolute Gasteiger partial charge is 0.507 e. The number of fused-ring (bicyclic) bond motifs is 2. The molecule has 2 aliphatic carbocycles. The normalized spacial score (nSPS) is 23.0. The number of ether oxygens (including phenoxy) is 1. The number of carboxylic acid groups (broad SMARTS) is 2. The van der Waals surface area contributed by atoms with Gasteiger partial charge >= 0.3 is 11.9 Å². The Balaban J connectivity index is 0.000000157. The van der Waals surface area contributed by atoms with Crippen LogP contribution in [0.3, 0.4) is 0 Å². The van der Waals surface area contributed by atoms with Crippen molar-refractivity contribution in [2.45, 2.75) is 56.8 Å². The summed E-state index contributed by atoms with van der Waals surface area (Å²) in [6.07, 6.45) is 5.14. The summed E-state index contributed by atoms with van der Waals surface area (Å²) < 4.78 is 6.09. The zero-order chi connectivity index (χ0) is 38.6. The zero-order valence-corrected chi connectivity index (χ0v) is 30.0. The Morgan fingerprint density at radius 2 is 1.35 bits per heavy atom. The molecule has 5 aromatic carbocycles. The van der Waals surface area contributed by atoms with E-state index < -0.39 is 29.5 Å². The molecule has 0 saturated carbocycles. The summed E-state index contributed by atoms with van der Waals surface area (Å²) in [6.45, 7) is 4.07. The lowest BCUT2D eigenvalue weighted by atomic mass is 9.53. The first-order valence-electron chi connectivity index (χ1n) is 17.7. The maximum Gasteiger partial charge on any atom is 0.339 e. The summed E-state index contributed by atoms with van der Waals surface area (Å²) in [5.41, 5.74) is 2.40. The van der Waals surface area contributed by atoms with Crippen LogP contribution >= 0.6 is 0 Å². The smallest absolute Gasteiger partial charge is 0.339 e. The Kier molecular flexibility index (Phi) is 9.33. The van der Waals surface area contributed by atoms with Gasteiger partial charge in [0.2, 0.25) is 0 Å². The highest BCUT2D eigenvalue weighted by Gasteiger charge is 2.64. The average molecular weight is 732 g/mol. The summed E-state index contributed by atoms with van der Waals surface area (Å²) in [4.78, 5) is 35.1.